The van der Waals surface area contributed by atoms with Gasteiger partial charge in [-0.3, -0.25) is 9.48 Å². The third-order valence-corrected chi connectivity index (χ3v) is 4.66. The summed E-state index contributed by atoms with van der Waals surface area (Å²) in [5, 5.41) is 5.71. The Balaban J connectivity index is 1.80. The van der Waals surface area contributed by atoms with Crippen molar-refractivity contribution in [2.45, 2.75) is 32.7 Å². The SMILES string of the molecule is CCN1CCC(Cn2nc(CC(N)=O)c3ccccc32)CC1. The number of benzene rings is 1. The molecule has 5 heteroatoms. The topological polar surface area (TPSA) is 64.2 Å². The van der Waals surface area contributed by atoms with Crippen LogP contribution in [0.15, 0.2) is 24.3 Å². The van der Waals surface area contributed by atoms with Crippen LogP contribution >= 0.6 is 0 Å². The lowest BCUT2D eigenvalue weighted by Crippen LogP contribution is -2.34. The number of rotatable bonds is 5. The van der Waals surface area contributed by atoms with Crippen molar-refractivity contribution in [2.24, 2.45) is 11.7 Å². The van der Waals surface area contributed by atoms with Crippen LogP contribution in [-0.2, 0) is 17.8 Å². The third-order valence-electron chi connectivity index (χ3n) is 4.66. The van der Waals surface area contributed by atoms with Gasteiger partial charge in [-0.1, -0.05) is 25.1 Å². The molecule has 0 aliphatic carbocycles. The minimum atomic E-state index is -0.327. The van der Waals surface area contributed by atoms with Crippen LogP contribution in [0.5, 0.6) is 0 Å². The molecule has 1 aliphatic rings. The number of likely N-dealkylation sites (tertiary alicyclic amines) is 1. The van der Waals surface area contributed by atoms with Crippen molar-refractivity contribution >= 4 is 16.8 Å². The minimum absolute atomic E-state index is 0.210. The first-order valence-corrected chi connectivity index (χ1v) is 8.12. The highest BCUT2D eigenvalue weighted by atomic mass is 16.1. The molecule has 2 aromatic rings. The van der Waals surface area contributed by atoms with Gasteiger partial charge in [-0.2, -0.15) is 5.10 Å². The highest BCUT2D eigenvalue weighted by Gasteiger charge is 2.20. The van der Waals surface area contributed by atoms with E-state index in [-0.39, 0.29) is 12.3 Å². The molecule has 2 N–H and O–H groups in total. The second kappa shape index (κ2) is 6.48. The molecular formula is C17H24N4O. The second-order valence-corrected chi connectivity index (χ2v) is 6.17. The Kier molecular flexibility index (Phi) is 4.43. The van der Waals surface area contributed by atoms with Crippen molar-refractivity contribution in [3.8, 4) is 0 Å². The molecule has 0 bridgehead atoms. The van der Waals surface area contributed by atoms with Gasteiger partial charge in [-0.25, -0.2) is 0 Å². The maximum absolute atomic E-state index is 11.2. The van der Waals surface area contributed by atoms with Gasteiger partial charge in [0.1, 0.15) is 0 Å². The van der Waals surface area contributed by atoms with Gasteiger partial charge in [0.15, 0.2) is 0 Å². The summed E-state index contributed by atoms with van der Waals surface area (Å²) in [6.45, 7) is 6.64. The lowest BCUT2D eigenvalue weighted by atomic mass is 9.97. The maximum atomic E-state index is 11.2. The summed E-state index contributed by atoms with van der Waals surface area (Å²) < 4.78 is 2.07. The van der Waals surface area contributed by atoms with E-state index in [0.29, 0.717) is 5.92 Å². The van der Waals surface area contributed by atoms with Crippen molar-refractivity contribution in [3.63, 3.8) is 0 Å². The first-order chi connectivity index (χ1) is 10.7. The average molecular weight is 300 g/mol. The van der Waals surface area contributed by atoms with Gasteiger partial charge >= 0.3 is 0 Å². The number of aromatic nitrogens is 2. The van der Waals surface area contributed by atoms with E-state index in [1.165, 1.54) is 25.9 Å². The Labute approximate surface area is 131 Å². The van der Waals surface area contributed by atoms with Crippen molar-refractivity contribution in [3.05, 3.63) is 30.0 Å². The molecule has 1 aromatic carbocycles. The molecule has 0 atom stereocenters. The minimum Gasteiger partial charge on any atom is -0.369 e. The molecule has 1 fully saturated rings. The van der Waals surface area contributed by atoms with E-state index in [2.05, 4.69) is 27.7 Å². The zero-order valence-corrected chi connectivity index (χ0v) is 13.2. The summed E-state index contributed by atoms with van der Waals surface area (Å²) in [4.78, 5) is 13.7. The molecule has 2 heterocycles. The number of carbonyl (C=O) groups is 1. The fraction of sp³-hybridized carbons (Fsp3) is 0.529. The van der Waals surface area contributed by atoms with Crippen LogP contribution in [0.25, 0.3) is 10.9 Å². The third kappa shape index (κ3) is 3.14. The Hall–Kier alpha value is -1.88. The number of hydrogen-bond donors (Lipinski definition) is 1. The van der Waals surface area contributed by atoms with Crippen LogP contribution in [0.1, 0.15) is 25.5 Å². The predicted molar refractivity (Wildman–Crippen MR) is 87.5 cm³/mol. The normalized spacial score (nSPS) is 17.1. The highest BCUT2D eigenvalue weighted by Crippen LogP contribution is 2.23. The number of nitrogens with zero attached hydrogens (tertiary/aromatic N) is 3. The molecule has 1 amide bonds. The summed E-state index contributed by atoms with van der Waals surface area (Å²) in [6, 6.07) is 8.11. The molecule has 5 nitrogen and oxygen atoms in total. The zero-order valence-electron chi connectivity index (χ0n) is 13.2. The monoisotopic (exact) mass is 300 g/mol. The Bertz CT molecular complexity index is 656. The van der Waals surface area contributed by atoms with Gasteiger partial charge in [-0.05, 0) is 44.5 Å². The fourth-order valence-electron chi connectivity index (χ4n) is 3.36. The molecule has 1 aromatic heterocycles. The number of fused-ring (bicyclic) bond motifs is 1. The average Bonchev–Trinajstić information content (AvgIpc) is 2.86. The lowest BCUT2D eigenvalue weighted by Gasteiger charge is -2.31. The molecule has 0 unspecified atom stereocenters. The summed E-state index contributed by atoms with van der Waals surface area (Å²) in [7, 11) is 0. The fourth-order valence-corrected chi connectivity index (χ4v) is 3.36. The molecule has 22 heavy (non-hydrogen) atoms. The second-order valence-electron chi connectivity index (χ2n) is 6.17. The van der Waals surface area contributed by atoms with Crippen LogP contribution in [0.2, 0.25) is 0 Å². The van der Waals surface area contributed by atoms with Gasteiger partial charge in [0.25, 0.3) is 0 Å². The van der Waals surface area contributed by atoms with Crippen LogP contribution in [-0.4, -0.2) is 40.2 Å². The smallest absolute Gasteiger partial charge is 0.223 e. The highest BCUT2D eigenvalue weighted by molar-refractivity contribution is 5.87. The van der Waals surface area contributed by atoms with Gasteiger partial charge in [0.2, 0.25) is 5.91 Å². The standard InChI is InChI=1S/C17H24N4O/c1-2-20-9-7-13(8-10-20)12-21-16-6-4-3-5-14(16)15(19-21)11-17(18)22/h3-6,13H,2,7-12H2,1H3,(H2,18,22). The van der Waals surface area contributed by atoms with E-state index in [1.54, 1.807) is 0 Å². The van der Waals surface area contributed by atoms with Gasteiger partial charge in [-0.15, -0.1) is 0 Å². The van der Waals surface area contributed by atoms with E-state index < -0.39 is 0 Å². The van der Waals surface area contributed by atoms with E-state index in [9.17, 15) is 4.79 Å². The van der Waals surface area contributed by atoms with E-state index in [4.69, 9.17) is 5.73 Å². The molecule has 1 aliphatic heterocycles. The van der Waals surface area contributed by atoms with Gasteiger partial charge in [0, 0.05) is 11.9 Å². The lowest BCUT2D eigenvalue weighted by molar-refractivity contribution is -0.117. The molecule has 0 saturated carbocycles. The predicted octanol–water partition coefficient (Wildman–Crippen LogP) is 1.80. The number of primary amides is 1. The van der Waals surface area contributed by atoms with E-state index in [1.807, 2.05) is 18.2 Å². The Morgan fingerprint density at radius 1 is 1.32 bits per heavy atom. The summed E-state index contributed by atoms with van der Waals surface area (Å²) in [5.41, 5.74) is 7.25. The number of carbonyl (C=O) groups excluding carboxylic acids is 1. The van der Waals surface area contributed by atoms with Gasteiger partial charge < -0.3 is 10.6 Å². The number of amides is 1. The molecular weight excluding hydrogens is 276 g/mol. The zero-order chi connectivity index (χ0) is 15.5. The van der Waals surface area contributed by atoms with Crippen molar-refractivity contribution in [2.75, 3.05) is 19.6 Å². The Morgan fingerprint density at radius 3 is 2.73 bits per heavy atom. The summed E-state index contributed by atoms with van der Waals surface area (Å²) in [6.07, 6.45) is 2.64. The van der Waals surface area contributed by atoms with E-state index in [0.717, 1.165) is 29.7 Å². The first kappa shape index (κ1) is 15.0. The van der Waals surface area contributed by atoms with E-state index >= 15 is 0 Å². The number of nitrogens with two attached hydrogens (primary N) is 1. The maximum Gasteiger partial charge on any atom is 0.223 e. The Morgan fingerprint density at radius 2 is 2.05 bits per heavy atom. The van der Waals surface area contributed by atoms with Crippen LogP contribution in [0.3, 0.4) is 0 Å². The number of para-hydroxylation sites is 1. The largest absolute Gasteiger partial charge is 0.369 e. The van der Waals surface area contributed by atoms with Crippen molar-refractivity contribution in [1.29, 1.82) is 0 Å². The first-order valence-electron chi connectivity index (χ1n) is 8.12. The summed E-state index contributed by atoms with van der Waals surface area (Å²) in [5.74, 6) is 0.333. The van der Waals surface area contributed by atoms with Crippen LogP contribution < -0.4 is 5.73 Å². The van der Waals surface area contributed by atoms with Crippen molar-refractivity contribution in [1.82, 2.24) is 14.7 Å². The van der Waals surface area contributed by atoms with Crippen LogP contribution in [0, 0.1) is 5.92 Å². The molecule has 1 saturated heterocycles. The summed E-state index contributed by atoms with van der Waals surface area (Å²) >= 11 is 0. The van der Waals surface area contributed by atoms with Crippen LogP contribution in [0.4, 0.5) is 0 Å². The number of piperidine rings is 1. The van der Waals surface area contributed by atoms with Gasteiger partial charge in [0.05, 0.1) is 17.6 Å². The molecule has 0 radical (unpaired) electrons. The molecule has 0 spiro atoms. The molecule has 118 valence electrons. The van der Waals surface area contributed by atoms with Crippen molar-refractivity contribution < 1.29 is 4.79 Å². The number of hydrogen-bond acceptors (Lipinski definition) is 3. The molecule has 3 rings (SSSR count). The quantitative estimate of drug-likeness (QED) is 0.915.